The van der Waals surface area contributed by atoms with Crippen LogP contribution in [-0.4, -0.2) is 13.1 Å². The molecule has 0 heterocycles. The summed E-state index contributed by atoms with van der Waals surface area (Å²) in [6.45, 7) is 2.19. The molecule has 0 saturated carbocycles. The zero-order valence-corrected chi connectivity index (χ0v) is 11.8. The predicted molar refractivity (Wildman–Crippen MR) is 78.7 cm³/mol. The molecule has 0 saturated heterocycles. The highest BCUT2D eigenvalue weighted by molar-refractivity contribution is 6.16. The number of unbranched alkanes of at least 4 members (excludes halogenated alkanes) is 4. The van der Waals surface area contributed by atoms with Crippen molar-refractivity contribution in [2.24, 2.45) is 0 Å². The quantitative estimate of drug-likeness (QED) is 0.314. The standard InChI is InChI=1S/C17H22O2/c1-3-4-5-6-7-11-14-16(17(18)19-2)15-12-9-8-10-13-15/h8-13H,3-7H2,1-2H3. The van der Waals surface area contributed by atoms with E-state index in [1.54, 1.807) is 0 Å². The molecule has 1 aromatic rings. The molecule has 0 aromatic heterocycles. The van der Waals surface area contributed by atoms with Crippen molar-refractivity contribution >= 4 is 11.5 Å². The molecule has 0 amide bonds. The Bertz CT molecular complexity index is 440. The van der Waals surface area contributed by atoms with Gasteiger partial charge in [0, 0.05) is 0 Å². The molecule has 0 atom stereocenters. The summed E-state index contributed by atoms with van der Waals surface area (Å²) in [7, 11) is 1.40. The molecule has 0 aliphatic heterocycles. The van der Waals surface area contributed by atoms with Crippen LogP contribution in [0.4, 0.5) is 0 Å². The number of benzene rings is 1. The van der Waals surface area contributed by atoms with Crippen LogP contribution in [0.2, 0.25) is 0 Å². The van der Waals surface area contributed by atoms with Gasteiger partial charge in [-0.15, -0.1) is 5.73 Å². The van der Waals surface area contributed by atoms with Gasteiger partial charge in [-0.25, -0.2) is 4.79 Å². The molecular formula is C17H22O2. The Hall–Kier alpha value is -1.79. The van der Waals surface area contributed by atoms with Gasteiger partial charge in [-0.3, -0.25) is 0 Å². The minimum Gasteiger partial charge on any atom is -0.465 e. The van der Waals surface area contributed by atoms with Gasteiger partial charge in [0.2, 0.25) is 0 Å². The third-order valence-corrected chi connectivity index (χ3v) is 2.90. The van der Waals surface area contributed by atoms with E-state index < -0.39 is 0 Å². The molecule has 0 N–H and O–H groups in total. The Labute approximate surface area is 115 Å². The molecule has 1 aromatic carbocycles. The minimum atomic E-state index is -0.337. The first kappa shape index (κ1) is 15.3. The highest BCUT2D eigenvalue weighted by Gasteiger charge is 2.10. The molecular weight excluding hydrogens is 236 g/mol. The van der Waals surface area contributed by atoms with Crippen LogP contribution in [0, 0.1) is 0 Å². The number of hydrogen-bond acceptors (Lipinski definition) is 2. The summed E-state index contributed by atoms with van der Waals surface area (Å²) in [4.78, 5) is 11.7. The van der Waals surface area contributed by atoms with Crippen molar-refractivity contribution in [3.05, 3.63) is 47.7 Å². The van der Waals surface area contributed by atoms with Gasteiger partial charge in [0.05, 0.1) is 7.11 Å². The molecule has 0 fully saturated rings. The molecule has 1 rings (SSSR count). The van der Waals surface area contributed by atoms with Gasteiger partial charge in [-0.1, -0.05) is 56.5 Å². The summed E-state index contributed by atoms with van der Waals surface area (Å²) >= 11 is 0. The van der Waals surface area contributed by atoms with Crippen molar-refractivity contribution in [2.75, 3.05) is 7.11 Å². The van der Waals surface area contributed by atoms with Gasteiger partial charge in [-0.2, -0.15) is 0 Å². The van der Waals surface area contributed by atoms with E-state index in [0.29, 0.717) is 5.57 Å². The molecule has 0 bridgehead atoms. The summed E-state index contributed by atoms with van der Waals surface area (Å²) in [5.74, 6) is -0.337. The molecule has 102 valence electrons. The molecule has 2 heteroatoms. The minimum absolute atomic E-state index is 0.337. The monoisotopic (exact) mass is 258 g/mol. The van der Waals surface area contributed by atoms with Crippen LogP contribution < -0.4 is 0 Å². The maximum Gasteiger partial charge on any atom is 0.346 e. The summed E-state index contributed by atoms with van der Waals surface area (Å²) in [5, 5.41) is 0. The molecule has 0 aliphatic rings. The lowest BCUT2D eigenvalue weighted by molar-refractivity contribution is -0.133. The number of carbonyl (C=O) groups excluding carboxylic acids is 1. The molecule has 0 radical (unpaired) electrons. The maximum absolute atomic E-state index is 11.7. The topological polar surface area (TPSA) is 26.3 Å². The zero-order valence-electron chi connectivity index (χ0n) is 11.8. The molecule has 2 nitrogen and oxygen atoms in total. The van der Waals surface area contributed by atoms with E-state index in [1.807, 2.05) is 36.4 Å². The number of esters is 1. The number of hydrogen-bond donors (Lipinski definition) is 0. The Morgan fingerprint density at radius 1 is 1.21 bits per heavy atom. The maximum atomic E-state index is 11.7. The largest absolute Gasteiger partial charge is 0.465 e. The summed E-state index contributed by atoms with van der Waals surface area (Å²) in [6, 6.07) is 9.52. The van der Waals surface area contributed by atoms with Gasteiger partial charge in [0.25, 0.3) is 0 Å². The highest BCUT2D eigenvalue weighted by Crippen LogP contribution is 2.14. The van der Waals surface area contributed by atoms with Gasteiger partial charge in [-0.05, 0) is 24.5 Å². The fourth-order valence-corrected chi connectivity index (χ4v) is 1.81. The third-order valence-electron chi connectivity index (χ3n) is 2.90. The van der Waals surface area contributed by atoms with Gasteiger partial charge in [0.1, 0.15) is 5.57 Å². The smallest absolute Gasteiger partial charge is 0.346 e. The van der Waals surface area contributed by atoms with Crippen molar-refractivity contribution in [3.63, 3.8) is 0 Å². The van der Waals surface area contributed by atoms with Crippen LogP contribution in [-0.2, 0) is 9.53 Å². The first-order valence-corrected chi connectivity index (χ1v) is 6.88. The molecule has 0 spiro atoms. The van der Waals surface area contributed by atoms with Crippen molar-refractivity contribution in [1.82, 2.24) is 0 Å². The first-order chi connectivity index (χ1) is 9.29. The van der Waals surface area contributed by atoms with Crippen molar-refractivity contribution in [3.8, 4) is 0 Å². The van der Waals surface area contributed by atoms with Crippen LogP contribution in [0.1, 0.15) is 44.6 Å². The van der Waals surface area contributed by atoms with Crippen molar-refractivity contribution in [2.45, 2.75) is 39.0 Å². The van der Waals surface area contributed by atoms with E-state index in [1.165, 1.54) is 26.4 Å². The SMILES string of the molecule is CCCCCCC=C=C(C(=O)OC)c1ccccc1. The lowest BCUT2D eigenvalue weighted by Gasteiger charge is -2.02. The molecule has 0 unspecified atom stereocenters. The fraction of sp³-hybridized carbons (Fsp3) is 0.412. The van der Waals surface area contributed by atoms with Crippen LogP contribution in [0.3, 0.4) is 0 Å². The average Bonchev–Trinajstić information content (AvgIpc) is 2.47. The number of rotatable bonds is 7. The first-order valence-electron chi connectivity index (χ1n) is 6.88. The van der Waals surface area contributed by atoms with Crippen LogP contribution in [0.5, 0.6) is 0 Å². The number of methoxy groups -OCH3 is 1. The highest BCUT2D eigenvalue weighted by atomic mass is 16.5. The van der Waals surface area contributed by atoms with Crippen molar-refractivity contribution in [1.29, 1.82) is 0 Å². The van der Waals surface area contributed by atoms with Crippen LogP contribution in [0.15, 0.2) is 42.1 Å². The molecule has 19 heavy (non-hydrogen) atoms. The Morgan fingerprint density at radius 2 is 1.95 bits per heavy atom. The Balaban J connectivity index is 2.75. The lowest BCUT2D eigenvalue weighted by atomic mass is 10.1. The van der Waals surface area contributed by atoms with Gasteiger partial charge < -0.3 is 4.74 Å². The lowest BCUT2D eigenvalue weighted by Crippen LogP contribution is -2.02. The van der Waals surface area contributed by atoms with Gasteiger partial charge in [0.15, 0.2) is 0 Å². The van der Waals surface area contributed by atoms with Crippen molar-refractivity contribution < 1.29 is 9.53 Å². The summed E-state index contributed by atoms with van der Waals surface area (Å²) < 4.78 is 4.80. The zero-order chi connectivity index (χ0) is 13.9. The van der Waals surface area contributed by atoms with E-state index in [4.69, 9.17) is 4.74 Å². The normalized spacial score (nSPS) is 9.58. The van der Waals surface area contributed by atoms with E-state index in [0.717, 1.165) is 18.4 Å². The fourth-order valence-electron chi connectivity index (χ4n) is 1.81. The summed E-state index contributed by atoms with van der Waals surface area (Å²) in [5.41, 5.74) is 4.43. The second-order valence-corrected chi connectivity index (χ2v) is 4.43. The van der Waals surface area contributed by atoms with E-state index >= 15 is 0 Å². The average molecular weight is 258 g/mol. The van der Waals surface area contributed by atoms with E-state index in [2.05, 4.69) is 12.7 Å². The van der Waals surface area contributed by atoms with Crippen LogP contribution >= 0.6 is 0 Å². The second-order valence-electron chi connectivity index (χ2n) is 4.43. The van der Waals surface area contributed by atoms with Crippen LogP contribution in [0.25, 0.3) is 5.57 Å². The Morgan fingerprint density at radius 3 is 2.58 bits per heavy atom. The van der Waals surface area contributed by atoms with E-state index in [9.17, 15) is 4.79 Å². The second kappa shape index (κ2) is 9.18. The third kappa shape index (κ3) is 5.58. The number of carbonyl (C=O) groups is 1. The predicted octanol–water partition coefficient (Wildman–Crippen LogP) is 4.37. The Kier molecular flexibility index (Phi) is 7.38. The number of ether oxygens (including phenoxy) is 1. The van der Waals surface area contributed by atoms with Gasteiger partial charge >= 0.3 is 5.97 Å². The molecule has 0 aliphatic carbocycles. The van der Waals surface area contributed by atoms with E-state index in [-0.39, 0.29) is 5.97 Å². The summed E-state index contributed by atoms with van der Waals surface area (Å²) in [6.07, 6.45) is 7.76.